The summed E-state index contributed by atoms with van der Waals surface area (Å²) in [5, 5.41) is 14.9. The van der Waals surface area contributed by atoms with Crippen LogP contribution in [0.2, 0.25) is 0 Å². The van der Waals surface area contributed by atoms with E-state index in [0.717, 1.165) is 49.0 Å². The molecule has 1 aliphatic rings. The van der Waals surface area contributed by atoms with E-state index in [2.05, 4.69) is 37.7 Å². The van der Waals surface area contributed by atoms with Crippen molar-refractivity contribution in [3.05, 3.63) is 39.8 Å². The molecular formula is C20H28N6O2S2. The van der Waals surface area contributed by atoms with Gasteiger partial charge in [0, 0.05) is 50.7 Å². The molecule has 0 radical (unpaired) electrons. The third-order valence-electron chi connectivity index (χ3n) is 4.78. The molecule has 0 atom stereocenters. The van der Waals surface area contributed by atoms with Crippen LogP contribution in [0.4, 0.5) is 5.69 Å². The second-order valence-electron chi connectivity index (χ2n) is 7.31. The Kier molecular flexibility index (Phi) is 8.61. The summed E-state index contributed by atoms with van der Waals surface area (Å²) in [6.07, 6.45) is 0. The molecule has 0 spiro atoms. The zero-order valence-corrected chi connectivity index (χ0v) is 19.0. The summed E-state index contributed by atoms with van der Waals surface area (Å²) >= 11 is 2.73. The molecule has 30 heavy (non-hydrogen) atoms. The lowest BCUT2D eigenvalue weighted by molar-refractivity contribution is -0.118. The van der Waals surface area contributed by atoms with E-state index < -0.39 is 0 Å². The molecule has 0 bridgehead atoms. The lowest BCUT2D eigenvalue weighted by atomic mass is 10.2. The standard InChI is InChI=1S/C20H28N6O2S2/c1-15-3-5-16(6-4-15)22-19(28)20-24-23-18(30-20)14-29-13-17(27)21-7-8-26-11-9-25(2)10-12-26/h3-6H,7-14H2,1-2H3,(H,21,27)(H,22,28). The van der Waals surface area contributed by atoms with Gasteiger partial charge < -0.3 is 15.5 Å². The second-order valence-corrected chi connectivity index (χ2v) is 9.36. The van der Waals surface area contributed by atoms with E-state index in [4.69, 9.17) is 0 Å². The predicted molar refractivity (Wildman–Crippen MR) is 122 cm³/mol. The largest absolute Gasteiger partial charge is 0.354 e. The highest BCUT2D eigenvalue weighted by molar-refractivity contribution is 7.99. The van der Waals surface area contributed by atoms with Gasteiger partial charge in [0.15, 0.2) is 0 Å². The van der Waals surface area contributed by atoms with E-state index in [1.165, 1.54) is 23.1 Å². The van der Waals surface area contributed by atoms with Crippen LogP contribution in [-0.4, -0.2) is 83.9 Å². The Morgan fingerprint density at radius 1 is 1.13 bits per heavy atom. The lowest BCUT2D eigenvalue weighted by Crippen LogP contribution is -2.47. The van der Waals surface area contributed by atoms with Crippen molar-refractivity contribution >= 4 is 40.6 Å². The third-order valence-corrected chi connectivity index (χ3v) is 6.82. The topological polar surface area (TPSA) is 90.5 Å². The first-order valence-corrected chi connectivity index (χ1v) is 11.9. The number of anilines is 1. The molecule has 0 saturated carbocycles. The second kappa shape index (κ2) is 11.4. The number of rotatable bonds is 9. The lowest BCUT2D eigenvalue weighted by Gasteiger charge is -2.32. The first-order valence-electron chi connectivity index (χ1n) is 9.95. The highest BCUT2D eigenvalue weighted by Crippen LogP contribution is 2.18. The van der Waals surface area contributed by atoms with Crippen molar-refractivity contribution in [2.75, 3.05) is 57.4 Å². The smallest absolute Gasteiger partial charge is 0.286 e. The fourth-order valence-electron chi connectivity index (χ4n) is 2.93. The summed E-state index contributed by atoms with van der Waals surface area (Å²) in [5.41, 5.74) is 1.86. The van der Waals surface area contributed by atoms with Crippen LogP contribution >= 0.6 is 23.1 Å². The molecule has 3 rings (SSSR count). The molecule has 2 N–H and O–H groups in total. The Morgan fingerprint density at radius 2 is 1.87 bits per heavy atom. The summed E-state index contributed by atoms with van der Waals surface area (Å²) in [6.45, 7) is 7.82. The van der Waals surface area contributed by atoms with Crippen LogP contribution in [0.15, 0.2) is 24.3 Å². The van der Waals surface area contributed by atoms with E-state index in [9.17, 15) is 9.59 Å². The van der Waals surface area contributed by atoms with Gasteiger partial charge in [0.05, 0.1) is 5.75 Å². The Hall–Kier alpha value is -2.01. The molecule has 1 aliphatic heterocycles. The molecule has 8 nitrogen and oxygen atoms in total. The van der Waals surface area contributed by atoms with Gasteiger partial charge in [-0.3, -0.25) is 14.5 Å². The van der Waals surface area contributed by atoms with E-state index in [-0.39, 0.29) is 11.8 Å². The maximum absolute atomic E-state index is 12.3. The van der Waals surface area contributed by atoms with Crippen LogP contribution in [0.5, 0.6) is 0 Å². The van der Waals surface area contributed by atoms with Crippen molar-refractivity contribution in [2.24, 2.45) is 0 Å². The van der Waals surface area contributed by atoms with Gasteiger partial charge in [0.25, 0.3) is 5.91 Å². The van der Waals surface area contributed by atoms with Crippen LogP contribution < -0.4 is 10.6 Å². The number of hydrogen-bond acceptors (Lipinski definition) is 8. The van der Waals surface area contributed by atoms with E-state index in [0.29, 0.717) is 23.1 Å². The number of nitrogens with zero attached hydrogens (tertiary/aromatic N) is 4. The summed E-state index contributed by atoms with van der Waals surface area (Å²) in [7, 11) is 2.13. The molecule has 2 heterocycles. The van der Waals surface area contributed by atoms with Crippen LogP contribution in [0.3, 0.4) is 0 Å². The number of aromatic nitrogens is 2. The van der Waals surface area contributed by atoms with Gasteiger partial charge in [-0.25, -0.2) is 0 Å². The number of benzene rings is 1. The molecule has 1 saturated heterocycles. The van der Waals surface area contributed by atoms with E-state index >= 15 is 0 Å². The minimum absolute atomic E-state index is 0.0241. The highest BCUT2D eigenvalue weighted by Gasteiger charge is 2.15. The van der Waals surface area contributed by atoms with Crippen LogP contribution in [0, 0.1) is 6.92 Å². The van der Waals surface area contributed by atoms with Crippen molar-refractivity contribution < 1.29 is 9.59 Å². The van der Waals surface area contributed by atoms with E-state index in [1.807, 2.05) is 31.2 Å². The fourth-order valence-corrected chi connectivity index (χ4v) is 4.57. The molecule has 162 valence electrons. The minimum Gasteiger partial charge on any atom is -0.354 e. The number of thioether (sulfide) groups is 1. The molecular weight excluding hydrogens is 420 g/mol. The van der Waals surface area contributed by atoms with Crippen molar-refractivity contribution in [3.63, 3.8) is 0 Å². The molecule has 0 aliphatic carbocycles. The van der Waals surface area contributed by atoms with Gasteiger partial charge in [-0.05, 0) is 26.1 Å². The molecule has 2 aromatic rings. The maximum Gasteiger partial charge on any atom is 0.286 e. The van der Waals surface area contributed by atoms with Crippen LogP contribution in [0.25, 0.3) is 0 Å². The van der Waals surface area contributed by atoms with Gasteiger partial charge in [-0.15, -0.1) is 22.0 Å². The maximum atomic E-state index is 12.3. The number of likely N-dealkylation sites (N-methyl/N-ethyl adjacent to an activating group) is 1. The zero-order chi connectivity index (χ0) is 21.3. The van der Waals surface area contributed by atoms with E-state index in [1.54, 1.807) is 0 Å². The van der Waals surface area contributed by atoms with Crippen molar-refractivity contribution in [1.29, 1.82) is 0 Å². The normalized spacial score (nSPS) is 15.1. The predicted octanol–water partition coefficient (Wildman–Crippen LogP) is 1.70. The van der Waals surface area contributed by atoms with Crippen LogP contribution in [-0.2, 0) is 10.5 Å². The molecule has 1 aromatic heterocycles. The van der Waals surface area contributed by atoms with Crippen molar-refractivity contribution in [2.45, 2.75) is 12.7 Å². The van der Waals surface area contributed by atoms with Crippen LogP contribution in [0.1, 0.15) is 20.4 Å². The quantitative estimate of drug-likeness (QED) is 0.603. The minimum atomic E-state index is -0.269. The van der Waals surface area contributed by atoms with Gasteiger partial charge in [0.2, 0.25) is 10.9 Å². The van der Waals surface area contributed by atoms with Gasteiger partial charge in [0.1, 0.15) is 5.01 Å². The number of carbonyl (C=O) groups is 2. The Labute approximate surface area is 185 Å². The Balaban J connectivity index is 1.32. The molecule has 2 amide bonds. The highest BCUT2D eigenvalue weighted by atomic mass is 32.2. The number of piperazine rings is 1. The van der Waals surface area contributed by atoms with Gasteiger partial charge >= 0.3 is 0 Å². The summed E-state index contributed by atoms with van der Waals surface area (Å²) in [6, 6.07) is 7.59. The number of carbonyl (C=O) groups excluding carboxylic acids is 2. The molecule has 10 heteroatoms. The molecule has 1 fully saturated rings. The average Bonchev–Trinajstić information content (AvgIpc) is 3.20. The Bertz CT molecular complexity index is 834. The van der Waals surface area contributed by atoms with Crippen molar-refractivity contribution in [1.82, 2.24) is 25.3 Å². The number of nitrogens with one attached hydrogen (secondary N) is 2. The zero-order valence-electron chi connectivity index (χ0n) is 17.4. The monoisotopic (exact) mass is 448 g/mol. The summed E-state index contributed by atoms with van der Waals surface area (Å²) in [4.78, 5) is 29.0. The number of amides is 2. The summed E-state index contributed by atoms with van der Waals surface area (Å²) in [5.74, 6) is 0.680. The molecule has 1 aromatic carbocycles. The van der Waals surface area contributed by atoms with Gasteiger partial charge in [-0.2, -0.15) is 0 Å². The third kappa shape index (κ3) is 7.35. The summed E-state index contributed by atoms with van der Waals surface area (Å²) < 4.78 is 0. The number of hydrogen-bond donors (Lipinski definition) is 2. The average molecular weight is 449 g/mol. The SMILES string of the molecule is Cc1ccc(NC(=O)c2nnc(CSCC(=O)NCCN3CCN(C)CC3)s2)cc1. The first-order chi connectivity index (χ1) is 14.5. The van der Waals surface area contributed by atoms with Gasteiger partial charge in [-0.1, -0.05) is 29.0 Å². The fraction of sp³-hybridized carbons (Fsp3) is 0.500. The number of aryl methyl sites for hydroxylation is 1. The van der Waals surface area contributed by atoms with Crippen molar-refractivity contribution in [3.8, 4) is 0 Å². The Morgan fingerprint density at radius 3 is 2.60 bits per heavy atom. The first kappa shape index (κ1) is 22.7. The molecule has 0 unspecified atom stereocenters.